The number of rotatable bonds is 3. The quantitative estimate of drug-likeness (QED) is 0.590. The Bertz CT molecular complexity index is 491. The fraction of sp³-hybridized carbons (Fsp3) is 0.769. The van der Waals surface area contributed by atoms with Crippen LogP contribution in [0.4, 0.5) is 17.8 Å². The third-order valence-corrected chi connectivity index (χ3v) is 4.23. The van der Waals surface area contributed by atoms with Gasteiger partial charge in [-0.05, 0) is 25.8 Å². The van der Waals surface area contributed by atoms with Gasteiger partial charge in [-0.3, -0.25) is 10.3 Å². The lowest BCUT2D eigenvalue weighted by molar-refractivity contribution is 0.273. The van der Waals surface area contributed by atoms with Crippen LogP contribution in [0.25, 0.3) is 0 Å². The Morgan fingerprint density at radius 3 is 2.71 bits per heavy atom. The summed E-state index contributed by atoms with van der Waals surface area (Å²) in [5, 5.41) is 0. The molecule has 1 unspecified atom stereocenters. The molecule has 0 bridgehead atoms. The summed E-state index contributed by atoms with van der Waals surface area (Å²) in [6.07, 6.45) is 3.71. The summed E-state index contributed by atoms with van der Waals surface area (Å²) in [7, 11) is 3.83. The molecule has 1 aromatic rings. The molecular formula is C13H24N8. The van der Waals surface area contributed by atoms with Gasteiger partial charge < -0.3 is 9.80 Å². The summed E-state index contributed by atoms with van der Waals surface area (Å²) in [6.45, 7) is 4.37. The first-order valence-electron chi connectivity index (χ1n) is 7.56. The first-order chi connectivity index (χ1) is 10.2. The number of aromatic nitrogens is 3. The number of nitrogens with one attached hydrogen (secondary N) is 1. The van der Waals surface area contributed by atoms with E-state index in [1.165, 1.54) is 25.9 Å². The van der Waals surface area contributed by atoms with E-state index >= 15 is 0 Å². The van der Waals surface area contributed by atoms with Crippen molar-refractivity contribution < 1.29 is 0 Å². The average molecular weight is 292 g/mol. The average Bonchev–Trinajstić information content (AvgIpc) is 2.83. The van der Waals surface area contributed by atoms with E-state index in [9.17, 15) is 0 Å². The largest absolute Gasteiger partial charge is 0.347 e. The molecule has 0 saturated carbocycles. The minimum absolute atomic E-state index is 0.413. The second kappa shape index (κ2) is 5.98. The number of anilines is 3. The van der Waals surface area contributed by atoms with Crippen molar-refractivity contribution in [2.24, 2.45) is 5.84 Å². The monoisotopic (exact) mass is 292 g/mol. The van der Waals surface area contributed by atoms with Gasteiger partial charge in [0.25, 0.3) is 0 Å². The fourth-order valence-electron chi connectivity index (χ4n) is 3.15. The van der Waals surface area contributed by atoms with Crippen LogP contribution in [-0.2, 0) is 0 Å². The van der Waals surface area contributed by atoms with Crippen LogP contribution < -0.4 is 21.1 Å². The normalized spacial score (nSPS) is 22.8. The molecule has 3 heterocycles. The maximum Gasteiger partial charge on any atom is 0.243 e. The molecule has 0 aliphatic carbocycles. The zero-order valence-corrected chi connectivity index (χ0v) is 12.8. The molecular weight excluding hydrogens is 268 g/mol. The Labute approximate surface area is 125 Å². The van der Waals surface area contributed by atoms with E-state index in [1.54, 1.807) is 0 Å². The van der Waals surface area contributed by atoms with Crippen molar-refractivity contribution in [2.45, 2.75) is 25.3 Å². The number of fused-ring (bicyclic) bond motifs is 1. The molecule has 8 nitrogen and oxygen atoms in total. The van der Waals surface area contributed by atoms with E-state index in [1.807, 2.05) is 19.0 Å². The molecule has 0 spiro atoms. The Balaban J connectivity index is 1.86. The molecule has 1 atom stereocenters. The summed E-state index contributed by atoms with van der Waals surface area (Å²) in [5.41, 5.74) is 2.54. The topological polar surface area (TPSA) is 86.4 Å². The van der Waals surface area contributed by atoms with Crippen LogP contribution in [0, 0.1) is 0 Å². The van der Waals surface area contributed by atoms with Crippen LogP contribution in [-0.4, -0.2) is 66.2 Å². The highest BCUT2D eigenvalue weighted by Gasteiger charge is 2.30. The van der Waals surface area contributed by atoms with E-state index < -0.39 is 0 Å². The van der Waals surface area contributed by atoms with Crippen molar-refractivity contribution in [1.82, 2.24) is 19.9 Å². The molecule has 0 radical (unpaired) electrons. The molecule has 0 aromatic carbocycles. The third kappa shape index (κ3) is 3.01. The highest BCUT2D eigenvalue weighted by Crippen LogP contribution is 2.24. The first kappa shape index (κ1) is 14.3. The molecule has 2 aliphatic rings. The minimum atomic E-state index is 0.413. The van der Waals surface area contributed by atoms with Gasteiger partial charge in [0.05, 0.1) is 0 Å². The van der Waals surface area contributed by atoms with E-state index in [2.05, 4.69) is 30.2 Å². The maximum atomic E-state index is 5.49. The van der Waals surface area contributed by atoms with Crippen LogP contribution in [0.3, 0.4) is 0 Å². The minimum Gasteiger partial charge on any atom is -0.347 e. The van der Waals surface area contributed by atoms with Crippen LogP contribution >= 0.6 is 0 Å². The van der Waals surface area contributed by atoms with Crippen molar-refractivity contribution >= 4 is 17.8 Å². The number of nitrogens with two attached hydrogens (primary N) is 1. The van der Waals surface area contributed by atoms with Crippen molar-refractivity contribution in [3.05, 3.63) is 0 Å². The lowest BCUT2D eigenvalue weighted by atomic mass is 10.2. The lowest BCUT2D eigenvalue weighted by Crippen LogP contribution is -2.37. The van der Waals surface area contributed by atoms with Crippen molar-refractivity contribution in [3.63, 3.8) is 0 Å². The fourth-order valence-corrected chi connectivity index (χ4v) is 3.15. The number of nitrogens with zero attached hydrogens (tertiary/aromatic N) is 6. The zero-order valence-electron chi connectivity index (χ0n) is 12.8. The standard InChI is InChI=1S/C13H24N8/c1-19(2)12-15-11(18-14)16-13(17-12)21-8-4-7-20-6-3-5-10(20)9-21/h10H,3-9,14H2,1-2H3,(H,15,16,17,18). The first-order valence-corrected chi connectivity index (χ1v) is 7.56. The Morgan fingerprint density at radius 2 is 1.95 bits per heavy atom. The molecule has 2 aliphatic heterocycles. The van der Waals surface area contributed by atoms with Gasteiger partial charge in [-0.25, -0.2) is 5.84 Å². The summed E-state index contributed by atoms with van der Waals surface area (Å²) in [6, 6.07) is 0.626. The second-order valence-corrected chi connectivity index (χ2v) is 5.93. The van der Waals surface area contributed by atoms with Gasteiger partial charge in [0.2, 0.25) is 17.8 Å². The van der Waals surface area contributed by atoms with Gasteiger partial charge in [-0.2, -0.15) is 15.0 Å². The van der Waals surface area contributed by atoms with Crippen LogP contribution in [0.2, 0.25) is 0 Å². The second-order valence-electron chi connectivity index (χ2n) is 5.93. The number of hydrogen-bond acceptors (Lipinski definition) is 8. The van der Waals surface area contributed by atoms with Gasteiger partial charge in [0.15, 0.2) is 0 Å². The van der Waals surface area contributed by atoms with Crippen molar-refractivity contribution in [2.75, 3.05) is 55.5 Å². The molecule has 3 N–H and O–H groups in total. The molecule has 0 amide bonds. The lowest BCUT2D eigenvalue weighted by Gasteiger charge is -2.26. The van der Waals surface area contributed by atoms with Gasteiger partial charge >= 0.3 is 0 Å². The Hall–Kier alpha value is -1.67. The molecule has 21 heavy (non-hydrogen) atoms. The SMILES string of the molecule is CN(C)c1nc(NN)nc(N2CCCN3CCCC3C2)n1. The van der Waals surface area contributed by atoms with Gasteiger partial charge in [0.1, 0.15) is 0 Å². The van der Waals surface area contributed by atoms with Gasteiger partial charge in [-0.1, -0.05) is 0 Å². The molecule has 116 valence electrons. The van der Waals surface area contributed by atoms with E-state index in [4.69, 9.17) is 5.84 Å². The number of hydrazine groups is 1. The third-order valence-electron chi connectivity index (χ3n) is 4.23. The Kier molecular flexibility index (Phi) is 4.07. The van der Waals surface area contributed by atoms with Crippen molar-refractivity contribution in [3.8, 4) is 0 Å². The predicted octanol–water partition coefficient (Wildman–Crippen LogP) is -0.102. The molecule has 3 rings (SSSR count). The highest BCUT2D eigenvalue weighted by atomic mass is 15.4. The van der Waals surface area contributed by atoms with E-state index in [-0.39, 0.29) is 0 Å². The number of hydrogen-bond donors (Lipinski definition) is 2. The van der Waals surface area contributed by atoms with Crippen LogP contribution in [0.5, 0.6) is 0 Å². The summed E-state index contributed by atoms with van der Waals surface area (Å²) in [4.78, 5) is 20.0. The predicted molar refractivity (Wildman–Crippen MR) is 83.4 cm³/mol. The van der Waals surface area contributed by atoms with Crippen LogP contribution in [0.15, 0.2) is 0 Å². The number of nitrogen functional groups attached to an aromatic ring is 1. The summed E-state index contributed by atoms with van der Waals surface area (Å²) in [5.74, 6) is 7.24. The summed E-state index contributed by atoms with van der Waals surface area (Å²) < 4.78 is 0. The Morgan fingerprint density at radius 1 is 1.14 bits per heavy atom. The molecule has 2 fully saturated rings. The highest BCUT2D eigenvalue weighted by molar-refractivity contribution is 5.44. The molecule has 1 aromatic heterocycles. The molecule has 8 heteroatoms. The summed E-state index contributed by atoms with van der Waals surface area (Å²) >= 11 is 0. The smallest absolute Gasteiger partial charge is 0.243 e. The van der Waals surface area contributed by atoms with E-state index in [0.717, 1.165) is 25.5 Å². The zero-order chi connectivity index (χ0) is 14.8. The maximum absolute atomic E-state index is 5.49. The van der Waals surface area contributed by atoms with Crippen molar-refractivity contribution in [1.29, 1.82) is 0 Å². The molecule has 2 saturated heterocycles. The van der Waals surface area contributed by atoms with Crippen LogP contribution in [0.1, 0.15) is 19.3 Å². The van der Waals surface area contributed by atoms with Gasteiger partial charge in [0, 0.05) is 39.8 Å². The van der Waals surface area contributed by atoms with Gasteiger partial charge in [-0.15, -0.1) is 0 Å². The van der Waals surface area contributed by atoms with E-state index in [0.29, 0.717) is 17.9 Å².